The molecule has 8 heteroatoms. The molecule has 0 bridgehead atoms. The molecule has 0 aliphatic heterocycles. The van der Waals surface area contributed by atoms with Crippen LogP contribution in [-0.4, -0.2) is 40.7 Å². The zero-order valence-corrected chi connectivity index (χ0v) is 16.9. The molecule has 2 aromatic heterocycles. The fraction of sp³-hybridized carbons (Fsp3) is 0.350. The van der Waals surface area contributed by atoms with Crippen molar-refractivity contribution in [3.63, 3.8) is 0 Å². The van der Waals surface area contributed by atoms with Gasteiger partial charge in [0.05, 0.1) is 12.0 Å². The van der Waals surface area contributed by atoms with E-state index in [0.717, 1.165) is 10.6 Å². The van der Waals surface area contributed by atoms with E-state index in [0.29, 0.717) is 30.4 Å². The van der Waals surface area contributed by atoms with Crippen molar-refractivity contribution >= 4 is 17.2 Å². The molecule has 0 fully saturated rings. The van der Waals surface area contributed by atoms with Crippen molar-refractivity contribution in [3.05, 3.63) is 47.7 Å². The molecule has 1 aromatic carbocycles. The number of likely N-dealkylation sites (N-methyl/N-ethyl adjacent to an activating group) is 1. The SMILES string of the molecule is CC[C@@H](Oc1ccc(OC)cc1)C(=O)N(CC)Cc1nc(-c2cccs2)no1. The molecule has 3 aromatic rings. The van der Waals surface area contributed by atoms with Crippen LogP contribution in [0.15, 0.2) is 46.3 Å². The maximum Gasteiger partial charge on any atom is 0.264 e. The third-order valence-electron chi connectivity index (χ3n) is 4.21. The summed E-state index contributed by atoms with van der Waals surface area (Å²) in [6.07, 6.45) is -0.0425. The molecule has 7 nitrogen and oxygen atoms in total. The van der Waals surface area contributed by atoms with E-state index in [1.807, 2.05) is 31.4 Å². The van der Waals surface area contributed by atoms with Crippen LogP contribution in [0.4, 0.5) is 0 Å². The summed E-state index contributed by atoms with van der Waals surface area (Å²) in [6, 6.07) is 11.0. The lowest BCUT2D eigenvalue weighted by Gasteiger charge is -2.25. The van der Waals surface area contributed by atoms with E-state index >= 15 is 0 Å². The van der Waals surface area contributed by atoms with Gasteiger partial charge in [-0.1, -0.05) is 18.1 Å². The number of rotatable bonds is 9. The molecule has 0 unspecified atom stereocenters. The predicted octanol–water partition coefficient (Wildman–Crippen LogP) is 4.01. The molecule has 0 N–H and O–H groups in total. The van der Waals surface area contributed by atoms with Crippen LogP contribution in [0.3, 0.4) is 0 Å². The quantitative estimate of drug-likeness (QED) is 0.539. The standard InChI is InChI=1S/C20H23N3O4S/c1-4-16(26-15-10-8-14(25-3)9-11-15)20(24)23(5-2)13-18-21-19(22-27-18)17-7-6-12-28-17/h6-12,16H,4-5,13H2,1-3H3/t16-/m1/s1. The second-order valence-electron chi connectivity index (χ2n) is 6.03. The predicted molar refractivity (Wildman–Crippen MR) is 106 cm³/mol. The molecule has 1 amide bonds. The van der Waals surface area contributed by atoms with Crippen LogP contribution in [-0.2, 0) is 11.3 Å². The number of aromatic nitrogens is 2. The Balaban J connectivity index is 1.66. The highest BCUT2D eigenvalue weighted by Gasteiger charge is 2.25. The highest BCUT2D eigenvalue weighted by molar-refractivity contribution is 7.13. The van der Waals surface area contributed by atoms with Gasteiger partial charge in [0.15, 0.2) is 6.10 Å². The number of methoxy groups -OCH3 is 1. The van der Waals surface area contributed by atoms with E-state index < -0.39 is 6.10 Å². The molecular formula is C20H23N3O4S. The number of thiophene rings is 1. The summed E-state index contributed by atoms with van der Waals surface area (Å²) < 4.78 is 16.4. The fourth-order valence-electron chi connectivity index (χ4n) is 2.66. The minimum Gasteiger partial charge on any atom is -0.497 e. The van der Waals surface area contributed by atoms with Gasteiger partial charge in [-0.3, -0.25) is 4.79 Å². The maximum absolute atomic E-state index is 13.0. The van der Waals surface area contributed by atoms with Crippen molar-refractivity contribution < 1.29 is 18.8 Å². The lowest BCUT2D eigenvalue weighted by Crippen LogP contribution is -2.41. The van der Waals surface area contributed by atoms with Crippen LogP contribution in [0, 0.1) is 0 Å². The minimum absolute atomic E-state index is 0.114. The number of carbonyl (C=O) groups excluding carboxylic acids is 1. The first-order valence-corrected chi connectivity index (χ1v) is 9.98. The molecule has 0 saturated heterocycles. The Bertz CT molecular complexity index is 877. The van der Waals surface area contributed by atoms with Crippen LogP contribution in [0.5, 0.6) is 11.5 Å². The molecule has 0 aliphatic carbocycles. The number of amides is 1. The zero-order valence-electron chi connectivity index (χ0n) is 16.1. The van der Waals surface area contributed by atoms with E-state index in [9.17, 15) is 4.79 Å². The number of ether oxygens (including phenoxy) is 2. The molecule has 28 heavy (non-hydrogen) atoms. The maximum atomic E-state index is 13.0. The van der Waals surface area contributed by atoms with Gasteiger partial charge < -0.3 is 18.9 Å². The van der Waals surface area contributed by atoms with Gasteiger partial charge in [0.2, 0.25) is 11.7 Å². The molecule has 0 saturated carbocycles. The first kappa shape index (κ1) is 19.9. The van der Waals surface area contributed by atoms with Gasteiger partial charge in [0, 0.05) is 6.54 Å². The largest absolute Gasteiger partial charge is 0.497 e. The fourth-order valence-corrected chi connectivity index (χ4v) is 3.31. The molecule has 0 spiro atoms. The summed E-state index contributed by atoms with van der Waals surface area (Å²) in [6.45, 7) is 4.59. The molecule has 1 atom stereocenters. The Morgan fingerprint density at radius 2 is 1.96 bits per heavy atom. The number of benzene rings is 1. The third-order valence-corrected chi connectivity index (χ3v) is 5.08. The summed E-state index contributed by atoms with van der Waals surface area (Å²) >= 11 is 1.54. The summed E-state index contributed by atoms with van der Waals surface area (Å²) in [7, 11) is 1.61. The van der Waals surface area contributed by atoms with Crippen LogP contribution in [0.25, 0.3) is 10.7 Å². The lowest BCUT2D eigenvalue weighted by molar-refractivity contribution is -0.139. The van der Waals surface area contributed by atoms with Crippen LogP contribution in [0.2, 0.25) is 0 Å². The highest BCUT2D eigenvalue weighted by Crippen LogP contribution is 2.22. The number of nitrogens with zero attached hydrogens (tertiary/aromatic N) is 3. The Morgan fingerprint density at radius 1 is 1.21 bits per heavy atom. The molecule has 3 rings (SSSR count). The van der Waals surface area contributed by atoms with E-state index in [-0.39, 0.29) is 12.5 Å². The van der Waals surface area contributed by atoms with Gasteiger partial charge in [0.1, 0.15) is 18.0 Å². The molecular weight excluding hydrogens is 378 g/mol. The van der Waals surface area contributed by atoms with Crippen molar-refractivity contribution in [2.24, 2.45) is 0 Å². The number of hydrogen-bond donors (Lipinski definition) is 0. The second kappa shape index (κ2) is 9.36. The van der Waals surface area contributed by atoms with Gasteiger partial charge in [-0.25, -0.2) is 0 Å². The van der Waals surface area contributed by atoms with Crippen LogP contribution < -0.4 is 9.47 Å². The first-order valence-electron chi connectivity index (χ1n) is 9.10. The van der Waals surface area contributed by atoms with E-state index in [1.54, 1.807) is 36.3 Å². The van der Waals surface area contributed by atoms with Gasteiger partial charge in [-0.2, -0.15) is 4.98 Å². The van der Waals surface area contributed by atoms with Crippen molar-refractivity contribution in [2.75, 3.05) is 13.7 Å². The summed E-state index contributed by atoms with van der Waals surface area (Å²) in [4.78, 5) is 19.9. The highest BCUT2D eigenvalue weighted by atomic mass is 32.1. The van der Waals surface area contributed by atoms with E-state index in [2.05, 4.69) is 10.1 Å². The average Bonchev–Trinajstić information content (AvgIpc) is 3.42. The minimum atomic E-state index is -0.590. The zero-order chi connectivity index (χ0) is 19.9. The number of carbonyl (C=O) groups is 1. The van der Waals surface area contributed by atoms with Crippen molar-refractivity contribution in [1.82, 2.24) is 15.0 Å². The molecule has 0 radical (unpaired) electrons. The molecule has 0 aliphatic rings. The smallest absolute Gasteiger partial charge is 0.264 e. The Hall–Kier alpha value is -2.87. The van der Waals surface area contributed by atoms with E-state index in [4.69, 9.17) is 14.0 Å². The summed E-state index contributed by atoms with van der Waals surface area (Å²) in [5.74, 6) is 2.18. The summed E-state index contributed by atoms with van der Waals surface area (Å²) in [5.41, 5.74) is 0. The van der Waals surface area contributed by atoms with Gasteiger partial charge in [-0.15, -0.1) is 11.3 Å². The van der Waals surface area contributed by atoms with Gasteiger partial charge in [0.25, 0.3) is 5.91 Å². The van der Waals surface area contributed by atoms with Crippen molar-refractivity contribution in [3.8, 4) is 22.2 Å². The van der Waals surface area contributed by atoms with Crippen LogP contribution >= 0.6 is 11.3 Å². The first-order chi connectivity index (χ1) is 13.6. The van der Waals surface area contributed by atoms with E-state index in [1.165, 1.54) is 11.3 Å². The van der Waals surface area contributed by atoms with Crippen molar-refractivity contribution in [1.29, 1.82) is 0 Å². The topological polar surface area (TPSA) is 77.7 Å². The lowest BCUT2D eigenvalue weighted by atomic mass is 10.2. The van der Waals surface area contributed by atoms with Gasteiger partial charge >= 0.3 is 0 Å². The second-order valence-corrected chi connectivity index (χ2v) is 6.98. The molecule has 2 heterocycles. The Kier molecular flexibility index (Phi) is 6.65. The Labute approximate surface area is 167 Å². The van der Waals surface area contributed by atoms with Crippen molar-refractivity contribution in [2.45, 2.75) is 32.9 Å². The van der Waals surface area contributed by atoms with Crippen LogP contribution in [0.1, 0.15) is 26.2 Å². The summed E-state index contributed by atoms with van der Waals surface area (Å²) in [5, 5.41) is 5.95. The third kappa shape index (κ3) is 4.69. The monoisotopic (exact) mass is 401 g/mol. The van der Waals surface area contributed by atoms with Gasteiger partial charge in [-0.05, 0) is 49.1 Å². The number of hydrogen-bond acceptors (Lipinski definition) is 7. The molecule has 148 valence electrons. The normalized spacial score (nSPS) is 11.8. The average molecular weight is 401 g/mol. The Morgan fingerprint density at radius 3 is 2.57 bits per heavy atom.